The molecular weight excluding hydrogens is 314 g/mol. The first kappa shape index (κ1) is 17.5. The Bertz CT molecular complexity index is 668. The van der Waals surface area contributed by atoms with Gasteiger partial charge in [0, 0.05) is 20.1 Å². The normalized spacial score (nSPS) is 11.0. The Kier molecular flexibility index (Phi) is 5.80. The lowest BCUT2D eigenvalue weighted by atomic mass is 10.1. The van der Waals surface area contributed by atoms with E-state index in [4.69, 9.17) is 11.6 Å². The molecule has 5 nitrogen and oxygen atoms in total. The zero-order chi connectivity index (χ0) is 17.0. The van der Waals surface area contributed by atoms with Gasteiger partial charge in [-0.3, -0.25) is 9.48 Å². The van der Waals surface area contributed by atoms with E-state index >= 15 is 0 Å². The molecule has 23 heavy (non-hydrogen) atoms. The molecule has 0 aliphatic heterocycles. The molecule has 2 rings (SSSR count). The number of benzene rings is 1. The predicted molar refractivity (Wildman–Crippen MR) is 90.6 cm³/mol. The summed E-state index contributed by atoms with van der Waals surface area (Å²) in [5.74, 6) is -0.120. The standard InChI is InChI=1S/C17H22ClN3O2/c1-12(2)15-14(16(18)20(3)19-15)17(23)21(9-10-22)11-13-7-5-4-6-8-13/h4-8,12,22H,9-11H2,1-3H3. The van der Waals surface area contributed by atoms with Gasteiger partial charge in [-0.15, -0.1) is 0 Å². The molecule has 0 unspecified atom stereocenters. The van der Waals surface area contributed by atoms with Gasteiger partial charge in [-0.05, 0) is 11.5 Å². The van der Waals surface area contributed by atoms with Crippen LogP contribution >= 0.6 is 11.6 Å². The maximum atomic E-state index is 13.0. The van der Waals surface area contributed by atoms with Gasteiger partial charge >= 0.3 is 0 Å². The molecule has 0 saturated heterocycles. The highest BCUT2D eigenvalue weighted by atomic mass is 35.5. The third kappa shape index (κ3) is 3.92. The Labute approximate surface area is 141 Å². The molecule has 2 aromatic rings. The number of carbonyl (C=O) groups is 1. The van der Waals surface area contributed by atoms with E-state index in [1.807, 2.05) is 44.2 Å². The molecule has 124 valence electrons. The van der Waals surface area contributed by atoms with Crippen LogP contribution in [-0.4, -0.2) is 38.8 Å². The number of aliphatic hydroxyl groups excluding tert-OH is 1. The van der Waals surface area contributed by atoms with Gasteiger partial charge in [-0.25, -0.2) is 0 Å². The van der Waals surface area contributed by atoms with E-state index in [0.29, 0.717) is 23.0 Å². The van der Waals surface area contributed by atoms with Crippen molar-refractivity contribution in [3.8, 4) is 0 Å². The largest absolute Gasteiger partial charge is 0.395 e. The van der Waals surface area contributed by atoms with E-state index in [1.165, 1.54) is 4.68 Å². The van der Waals surface area contributed by atoms with E-state index in [1.54, 1.807) is 11.9 Å². The number of aryl methyl sites for hydroxylation is 1. The van der Waals surface area contributed by atoms with Gasteiger partial charge in [-0.2, -0.15) is 5.10 Å². The Morgan fingerprint density at radius 1 is 1.35 bits per heavy atom. The Balaban J connectivity index is 2.35. The quantitative estimate of drug-likeness (QED) is 0.883. The molecule has 0 atom stereocenters. The average Bonchev–Trinajstić information content (AvgIpc) is 2.83. The fourth-order valence-corrected chi connectivity index (χ4v) is 2.68. The first-order valence-corrected chi connectivity index (χ1v) is 8.00. The predicted octanol–water partition coefficient (Wildman–Crippen LogP) is 2.83. The summed E-state index contributed by atoms with van der Waals surface area (Å²) >= 11 is 6.29. The van der Waals surface area contributed by atoms with Crippen molar-refractivity contribution in [3.63, 3.8) is 0 Å². The van der Waals surface area contributed by atoms with Crippen LogP contribution in [-0.2, 0) is 13.6 Å². The van der Waals surface area contributed by atoms with Gasteiger partial charge < -0.3 is 10.0 Å². The van der Waals surface area contributed by atoms with E-state index < -0.39 is 0 Å². The van der Waals surface area contributed by atoms with Gasteiger partial charge in [-0.1, -0.05) is 55.8 Å². The molecule has 0 radical (unpaired) electrons. The van der Waals surface area contributed by atoms with Crippen molar-refractivity contribution in [1.82, 2.24) is 14.7 Å². The molecule has 1 N–H and O–H groups in total. The number of rotatable bonds is 6. The Morgan fingerprint density at radius 2 is 2.00 bits per heavy atom. The van der Waals surface area contributed by atoms with Crippen molar-refractivity contribution in [2.75, 3.05) is 13.2 Å². The van der Waals surface area contributed by atoms with E-state index in [0.717, 1.165) is 5.56 Å². The molecule has 1 aromatic carbocycles. The van der Waals surface area contributed by atoms with E-state index in [2.05, 4.69) is 5.10 Å². The van der Waals surface area contributed by atoms with Gasteiger partial charge in [0.1, 0.15) is 5.15 Å². The van der Waals surface area contributed by atoms with Gasteiger partial charge in [0.25, 0.3) is 5.91 Å². The summed E-state index contributed by atoms with van der Waals surface area (Å²) < 4.78 is 1.52. The molecule has 6 heteroatoms. The molecule has 1 heterocycles. The van der Waals surface area contributed by atoms with E-state index in [-0.39, 0.29) is 25.0 Å². The number of nitrogens with zero attached hydrogens (tertiary/aromatic N) is 3. The lowest BCUT2D eigenvalue weighted by molar-refractivity contribution is 0.0706. The van der Waals surface area contributed by atoms with Crippen LogP contribution in [0.4, 0.5) is 0 Å². The minimum atomic E-state index is -0.204. The first-order valence-electron chi connectivity index (χ1n) is 7.62. The monoisotopic (exact) mass is 335 g/mol. The zero-order valence-electron chi connectivity index (χ0n) is 13.7. The third-order valence-electron chi connectivity index (χ3n) is 3.64. The fraction of sp³-hybridized carbons (Fsp3) is 0.412. The number of aromatic nitrogens is 2. The maximum Gasteiger partial charge on any atom is 0.259 e. The molecule has 1 aromatic heterocycles. The summed E-state index contributed by atoms with van der Waals surface area (Å²) in [6.07, 6.45) is 0. The summed E-state index contributed by atoms with van der Waals surface area (Å²) in [5.41, 5.74) is 2.10. The number of hydrogen-bond acceptors (Lipinski definition) is 3. The van der Waals surface area contributed by atoms with Crippen molar-refractivity contribution >= 4 is 17.5 Å². The summed E-state index contributed by atoms with van der Waals surface area (Å²) in [5, 5.41) is 14.0. The van der Waals surface area contributed by atoms with Crippen LogP contribution in [0, 0.1) is 0 Å². The lowest BCUT2D eigenvalue weighted by Gasteiger charge is -2.22. The Morgan fingerprint density at radius 3 is 2.57 bits per heavy atom. The minimum Gasteiger partial charge on any atom is -0.395 e. The number of amides is 1. The molecule has 0 aliphatic carbocycles. The zero-order valence-corrected chi connectivity index (χ0v) is 14.4. The second-order valence-corrected chi connectivity index (χ2v) is 6.12. The number of carbonyl (C=O) groups excluding carboxylic acids is 1. The molecular formula is C17H22ClN3O2. The van der Waals surface area contributed by atoms with Crippen LogP contribution in [0.5, 0.6) is 0 Å². The molecule has 0 spiro atoms. The molecule has 0 saturated carbocycles. The lowest BCUT2D eigenvalue weighted by Crippen LogP contribution is -2.33. The minimum absolute atomic E-state index is 0.0837. The SMILES string of the molecule is CC(C)c1nn(C)c(Cl)c1C(=O)N(CCO)Cc1ccccc1. The molecule has 1 amide bonds. The number of hydrogen-bond donors (Lipinski definition) is 1. The summed E-state index contributed by atoms with van der Waals surface area (Å²) in [6, 6.07) is 9.68. The van der Waals surface area contributed by atoms with Crippen molar-refractivity contribution in [3.05, 3.63) is 52.3 Å². The highest BCUT2D eigenvalue weighted by Crippen LogP contribution is 2.27. The van der Waals surface area contributed by atoms with Crippen LogP contribution in [0.25, 0.3) is 0 Å². The molecule has 0 aliphatic rings. The smallest absolute Gasteiger partial charge is 0.259 e. The van der Waals surface area contributed by atoms with Crippen molar-refractivity contribution in [2.24, 2.45) is 7.05 Å². The highest BCUT2D eigenvalue weighted by Gasteiger charge is 2.27. The fourth-order valence-electron chi connectivity index (χ4n) is 2.46. The van der Waals surface area contributed by atoms with Crippen molar-refractivity contribution in [1.29, 1.82) is 0 Å². The molecule has 0 bridgehead atoms. The average molecular weight is 336 g/mol. The van der Waals surface area contributed by atoms with Gasteiger partial charge in [0.15, 0.2) is 0 Å². The first-order chi connectivity index (χ1) is 11.0. The second-order valence-electron chi connectivity index (χ2n) is 5.77. The third-order valence-corrected chi connectivity index (χ3v) is 4.07. The topological polar surface area (TPSA) is 58.4 Å². The van der Waals surface area contributed by atoms with Crippen LogP contribution in [0.1, 0.15) is 41.4 Å². The number of halogens is 1. The van der Waals surface area contributed by atoms with Crippen LogP contribution in [0.3, 0.4) is 0 Å². The van der Waals surface area contributed by atoms with Crippen molar-refractivity contribution in [2.45, 2.75) is 26.3 Å². The van der Waals surface area contributed by atoms with Gasteiger partial charge in [0.05, 0.1) is 17.9 Å². The van der Waals surface area contributed by atoms with Gasteiger partial charge in [0.2, 0.25) is 0 Å². The number of aliphatic hydroxyl groups is 1. The van der Waals surface area contributed by atoms with Crippen LogP contribution in [0.2, 0.25) is 5.15 Å². The van der Waals surface area contributed by atoms with E-state index in [9.17, 15) is 9.90 Å². The van der Waals surface area contributed by atoms with Crippen molar-refractivity contribution < 1.29 is 9.90 Å². The Hall–Kier alpha value is -1.85. The second kappa shape index (κ2) is 7.62. The maximum absolute atomic E-state index is 13.0. The summed E-state index contributed by atoms with van der Waals surface area (Å²) in [7, 11) is 1.72. The van der Waals surface area contributed by atoms with Crippen LogP contribution < -0.4 is 0 Å². The summed E-state index contributed by atoms with van der Waals surface area (Å²) in [4.78, 5) is 14.6. The van der Waals surface area contributed by atoms with Crippen LogP contribution in [0.15, 0.2) is 30.3 Å². The highest BCUT2D eigenvalue weighted by molar-refractivity contribution is 6.33. The summed E-state index contributed by atoms with van der Waals surface area (Å²) in [6.45, 7) is 4.51. The molecule has 0 fully saturated rings.